The minimum absolute atomic E-state index is 0.459. The fourth-order valence-electron chi connectivity index (χ4n) is 2.40. The van der Waals surface area contributed by atoms with E-state index in [1.807, 2.05) is 0 Å². The predicted molar refractivity (Wildman–Crippen MR) is 69.6 cm³/mol. The van der Waals surface area contributed by atoms with Gasteiger partial charge in [0.1, 0.15) is 0 Å². The molecule has 0 bridgehead atoms. The number of hydrogen-bond acceptors (Lipinski definition) is 0. The Labute approximate surface area is 101 Å². The lowest BCUT2D eigenvalue weighted by Gasteiger charge is -2.23. The molecular formula is C14H19Br. The molecule has 0 amide bonds. The monoisotopic (exact) mass is 266 g/mol. The van der Waals surface area contributed by atoms with Gasteiger partial charge < -0.3 is 0 Å². The molecule has 2 rings (SSSR count). The topological polar surface area (TPSA) is 0 Å². The highest BCUT2D eigenvalue weighted by molar-refractivity contribution is 9.09. The average molecular weight is 267 g/mol. The number of benzene rings is 1. The second-order valence-corrected chi connectivity index (χ2v) is 6.64. The molecule has 1 aliphatic carbocycles. The molecule has 0 saturated heterocycles. The van der Waals surface area contributed by atoms with Crippen LogP contribution in [0.5, 0.6) is 0 Å². The van der Waals surface area contributed by atoms with Crippen LogP contribution >= 0.6 is 15.9 Å². The fraction of sp³-hybridized carbons (Fsp3) is 0.571. The molecule has 0 heterocycles. The smallest absolute Gasteiger partial charge is 0.0403 e. The highest BCUT2D eigenvalue weighted by Crippen LogP contribution is 2.43. The lowest BCUT2D eigenvalue weighted by molar-refractivity contribution is 0.316. The van der Waals surface area contributed by atoms with E-state index in [9.17, 15) is 0 Å². The summed E-state index contributed by atoms with van der Waals surface area (Å²) in [5.41, 5.74) is 4.88. The van der Waals surface area contributed by atoms with Gasteiger partial charge in [-0.05, 0) is 42.7 Å². The third kappa shape index (κ3) is 2.44. The summed E-state index contributed by atoms with van der Waals surface area (Å²) in [6.07, 6.45) is 3.76. The van der Waals surface area contributed by atoms with Crippen LogP contribution in [0.2, 0.25) is 0 Å². The Morgan fingerprint density at radius 3 is 2.80 bits per heavy atom. The normalized spacial score (nSPS) is 24.4. The zero-order chi connectivity index (χ0) is 11.1. The largest absolute Gasteiger partial charge is 0.0838 e. The summed E-state index contributed by atoms with van der Waals surface area (Å²) in [5, 5.41) is 0. The van der Waals surface area contributed by atoms with E-state index in [0.717, 1.165) is 0 Å². The van der Waals surface area contributed by atoms with Crippen molar-refractivity contribution < 1.29 is 0 Å². The van der Waals surface area contributed by atoms with E-state index in [-0.39, 0.29) is 0 Å². The maximum Gasteiger partial charge on any atom is 0.0403 e. The number of halogens is 1. The quantitative estimate of drug-likeness (QED) is 0.468. The number of rotatable bonds is 0. The molecular weight excluding hydrogens is 248 g/mol. The van der Waals surface area contributed by atoms with Crippen LogP contribution in [0.4, 0.5) is 0 Å². The second kappa shape index (κ2) is 3.93. The highest BCUT2D eigenvalue weighted by atomic mass is 79.9. The van der Waals surface area contributed by atoms with Crippen molar-refractivity contribution in [2.24, 2.45) is 5.41 Å². The lowest BCUT2D eigenvalue weighted by atomic mass is 9.84. The van der Waals surface area contributed by atoms with Crippen molar-refractivity contribution >= 4 is 15.9 Å². The first-order valence-corrected chi connectivity index (χ1v) is 6.63. The summed E-state index contributed by atoms with van der Waals surface area (Å²) < 4.78 is 0. The number of alkyl halides is 1. The molecule has 0 saturated carbocycles. The minimum atomic E-state index is 0.459. The Balaban J connectivity index is 2.40. The van der Waals surface area contributed by atoms with Gasteiger partial charge in [-0.15, -0.1) is 0 Å². The number of hydrogen-bond donors (Lipinski definition) is 0. The summed E-state index contributed by atoms with van der Waals surface area (Å²) in [7, 11) is 0. The van der Waals surface area contributed by atoms with Gasteiger partial charge in [-0.1, -0.05) is 53.5 Å². The van der Waals surface area contributed by atoms with Crippen LogP contribution in [-0.4, -0.2) is 0 Å². The maximum absolute atomic E-state index is 3.85. The van der Waals surface area contributed by atoms with Gasteiger partial charge in [0.2, 0.25) is 0 Å². The van der Waals surface area contributed by atoms with Gasteiger partial charge in [-0.2, -0.15) is 0 Å². The number of aryl methyl sites for hydroxylation is 2. The molecule has 0 spiro atoms. The van der Waals surface area contributed by atoms with Crippen LogP contribution in [0.3, 0.4) is 0 Å². The van der Waals surface area contributed by atoms with Crippen LogP contribution < -0.4 is 0 Å². The van der Waals surface area contributed by atoms with Gasteiger partial charge in [0.05, 0.1) is 0 Å². The Morgan fingerprint density at radius 2 is 2.07 bits per heavy atom. The fourth-order valence-corrected chi connectivity index (χ4v) is 3.71. The van der Waals surface area contributed by atoms with Crippen LogP contribution in [-0.2, 0) is 6.42 Å². The van der Waals surface area contributed by atoms with E-state index in [1.165, 1.54) is 36.0 Å². The van der Waals surface area contributed by atoms with Gasteiger partial charge >= 0.3 is 0 Å². The SMILES string of the molecule is Cc1ccc2c(c1)C(Br)CC(C)(C)CC2. The van der Waals surface area contributed by atoms with Gasteiger partial charge in [0, 0.05) is 4.83 Å². The molecule has 0 N–H and O–H groups in total. The molecule has 0 radical (unpaired) electrons. The third-order valence-electron chi connectivity index (χ3n) is 3.44. The van der Waals surface area contributed by atoms with Gasteiger partial charge in [-0.25, -0.2) is 0 Å². The van der Waals surface area contributed by atoms with E-state index in [0.29, 0.717) is 10.2 Å². The molecule has 0 aromatic heterocycles. The van der Waals surface area contributed by atoms with Gasteiger partial charge in [-0.3, -0.25) is 0 Å². The molecule has 0 aliphatic heterocycles. The van der Waals surface area contributed by atoms with Gasteiger partial charge in [0.15, 0.2) is 0 Å². The van der Waals surface area contributed by atoms with E-state index in [4.69, 9.17) is 0 Å². The van der Waals surface area contributed by atoms with Crippen molar-refractivity contribution in [1.29, 1.82) is 0 Å². The molecule has 1 unspecified atom stereocenters. The maximum atomic E-state index is 3.85. The zero-order valence-electron chi connectivity index (χ0n) is 9.81. The Morgan fingerprint density at radius 1 is 1.33 bits per heavy atom. The molecule has 15 heavy (non-hydrogen) atoms. The Bertz CT molecular complexity index is 366. The standard InChI is InChI=1S/C14H19Br/c1-10-4-5-11-6-7-14(2,3)9-13(15)12(11)8-10/h4-5,8,13H,6-7,9H2,1-3H3. The summed E-state index contributed by atoms with van der Waals surface area (Å²) >= 11 is 3.85. The van der Waals surface area contributed by atoms with E-state index in [1.54, 1.807) is 0 Å². The number of fused-ring (bicyclic) bond motifs is 1. The summed E-state index contributed by atoms with van der Waals surface area (Å²) in [6, 6.07) is 6.88. The Kier molecular flexibility index (Phi) is 2.94. The van der Waals surface area contributed by atoms with E-state index in [2.05, 4.69) is 54.9 Å². The van der Waals surface area contributed by atoms with E-state index >= 15 is 0 Å². The Hall–Kier alpha value is -0.300. The van der Waals surface area contributed by atoms with Gasteiger partial charge in [0.25, 0.3) is 0 Å². The van der Waals surface area contributed by atoms with Crippen molar-refractivity contribution in [3.05, 3.63) is 34.9 Å². The van der Waals surface area contributed by atoms with Crippen molar-refractivity contribution in [2.45, 2.75) is 44.9 Å². The molecule has 1 atom stereocenters. The molecule has 1 aliphatic rings. The summed E-state index contributed by atoms with van der Waals surface area (Å²) in [4.78, 5) is 0.532. The molecule has 0 nitrogen and oxygen atoms in total. The predicted octanol–water partition coefficient (Wildman–Crippen LogP) is 4.79. The first-order valence-electron chi connectivity index (χ1n) is 5.71. The van der Waals surface area contributed by atoms with Crippen molar-refractivity contribution in [3.63, 3.8) is 0 Å². The minimum Gasteiger partial charge on any atom is -0.0838 e. The van der Waals surface area contributed by atoms with Crippen molar-refractivity contribution in [3.8, 4) is 0 Å². The molecule has 1 heteroatoms. The molecule has 1 aromatic rings. The van der Waals surface area contributed by atoms with Crippen molar-refractivity contribution in [2.75, 3.05) is 0 Å². The average Bonchev–Trinajstić information content (AvgIpc) is 2.24. The summed E-state index contributed by atoms with van der Waals surface area (Å²) in [5.74, 6) is 0. The second-order valence-electron chi connectivity index (χ2n) is 5.54. The van der Waals surface area contributed by atoms with Crippen molar-refractivity contribution in [1.82, 2.24) is 0 Å². The molecule has 82 valence electrons. The van der Waals surface area contributed by atoms with Crippen LogP contribution in [0, 0.1) is 12.3 Å². The first kappa shape index (κ1) is 11.2. The van der Waals surface area contributed by atoms with E-state index < -0.39 is 0 Å². The first-order chi connectivity index (χ1) is 6.98. The molecule has 1 aromatic carbocycles. The lowest BCUT2D eigenvalue weighted by Crippen LogP contribution is -2.11. The highest BCUT2D eigenvalue weighted by Gasteiger charge is 2.27. The van der Waals surface area contributed by atoms with Crippen LogP contribution in [0.25, 0.3) is 0 Å². The third-order valence-corrected chi connectivity index (χ3v) is 4.26. The van der Waals surface area contributed by atoms with Crippen LogP contribution in [0.1, 0.15) is 48.2 Å². The van der Waals surface area contributed by atoms with Crippen LogP contribution in [0.15, 0.2) is 18.2 Å². The zero-order valence-corrected chi connectivity index (χ0v) is 11.4. The summed E-state index contributed by atoms with van der Waals surface area (Å²) in [6.45, 7) is 6.93. The molecule has 0 fully saturated rings.